The highest BCUT2D eigenvalue weighted by molar-refractivity contribution is 5.78. The van der Waals surface area contributed by atoms with Crippen LogP contribution in [-0.2, 0) is 14.9 Å². The molecular weight excluding hydrogens is 295 g/mol. The first-order chi connectivity index (χ1) is 11.2. The van der Waals surface area contributed by atoms with E-state index in [1.807, 2.05) is 12.1 Å². The minimum absolute atomic E-state index is 0.112. The number of rotatable bonds is 4. The second kappa shape index (κ2) is 7.41. The highest BCUT2D eigenvalue weighted by atomic mass is 19.1. The maximum absolute atomic E-state index is 13.2. The minimum Gasteiger partial charge on any atom is -0.381 e. The van der Waals surface area contributed by atoms with Crippen molar-refractivity contribution in [2.45, 2.75) is 31.1 Å². The molecule has 4 nitrogen and oxygen atoms in total. The number of hydrogen-bond donors (Lipinski definition) is 2. The molecule has 2 fully saturated rings. The van der Waals surface area contributed by atoms with E-state index in [4.69, 9.17) is 4.74 Å². The molecule has 1 amide bonds. The summed E-state index contributed by atoms with van der Waals surface area (Å²) in [5, 5.41) is 6.44. The summed E-state index contributed by atoms with van der Waals surface area (Å²) in [6, 6.07) is 6.69. The summed E-state index contributed by atoms with van der Waals surface area (Å²) in [4.78, 5) is 12.4. The lowest BCUT2D eigenvalue weighted by Crippen LogP contribution is -2.47. The molecule has 1 aromatic rings. The number of ether oxygens (including phenoxy) is 1. The van der Waals surface area contributed by atoms with Gasteiger partial charge in [0.25, 0.3) is 0 Å². The molecule has 2 saturated heterocycles. The zero-order valence-corrected chi connectivity index (χ0v) is 13.4. The lowest BCUT2D eigenvalue weighted by molar-refractivity contribution is -0.126. The van der Waals surface area contributed by atoms with Gasteiger partial charge < -0.3 is 15.4 Å². The minimum atomic E-state index is -0.227. The number of amides is 1. The first kappa shape index (κ1) is 16.4. The van der Waals surface area contributed by atoms with Gasteiger partial charge in [-0.1, -0.05) is 12.1 Å². The monoisotopic (exact) mass is 320 g/mol. The third-order valence-corrected chi connectivity index (χ3v) is 5.22. The quantitative estimate of drug-likeness (QED) is 0.892. The second-order valence-corrected chi connectivity index (χ2v) is 6.64. The van der Waals surface area contributed by atoms with Crippen LogP contribution in [0.25, 0.3) is 0 Å². The van der Waals surface area contributed by atoms with E-state index in [0.717, 1.165) is 44.3 Å². The van der Waals surface area contributed by atoms with Crippen molar-refractivity contribution in [1.82, 2.24) is 10.6 Å². The van der Waals surface area contributed by atoms with Crippen LogP contribution in [0.4, 0.5) is 4.39 Å². The van der Waals surface area contributed by atoms with Gasteiger partial charge in [-0.15, -0.1) is 0 Å². The van der Waals surface area contributed by atoms with Crippen molar-refractivity contribution in [1.29, 1.82) is 0 Å². The van der Waals surface area contributed by atoms with Gasteiger partial charge in [-0.25, -0.2) is 4.39 Å². The zero-order valence-electron chi connectivity index (χ0n) is 13.4. The van der Waals surface area contributed by atoms with Gasteiger partial charge in [0, 0.05) is 31.1 Å². The van der Waals surface area contributed by atoms with Crippen molar-refractivity contribution in [3.63, 3.8) is 0 Å². The summed E-state index contributed by atoms with van der Waals surface area (Å²) in [7, 11) is 0. The summed E-state index contributed by atoms with van der Waals surface area (Å²) in [6.45, 7) is 3.79. The van der Waals surface area contributed by atoms with Crippen LogP contribution in [-0.4, -0.2) is 38.8 Å². The lowest BCUT2D eigenvalue weighted by atomic mass is 9.74. The van der Waals surface area contributed by atoms with E-state index in [1.54, 1.807) is 0 Å². The molecule has 1 aromatic carbocycles. The van der Waals surface area contributed by atoms with E-state index in [2.05, 4.69) is 10.6 Å². The van der Waals surface area contributed by atoms with Crippen molar-refractivity contribution in [3.05, 3.63) is 35.6 Å². The molecule has 0 unspecified atom stereocenters. The van der Waals surface area contributed by atoms with Crippen molar-refractivity contribution in [2.24, 2.45) is 5.92 Å². The van der Waals surface area contributed by atoms with E-state index >= 15 is 0 Å². The number of benzene rings is 1. The Morgan fingerprint density at radius 1 is 1.22 bits per heavy atom. The van der Waals surface area contributed by atoms with Gasteiger partial charge in [-0.2, -0.15) is 0 Å². The average Bonchev–Trinajstić information content (AvgIpc) is 2.62. The number of halogens is 1. The molecule has 2 aliphatic heterocycles. The Morgan fingerprint density at radius 3 is 2.52 bits per heavy atom. The maximum atomic E-state index is 13.2. The second-order valence-electron chi connectivity index (χ2n) is 6.64. The van der Waals surface area contributed by atoms with Crippen LogP contribution in [0, 0.1) is 11.7 Å². The van der Waals surface area contributed by atoms with Crippen LogP contribution >= 0.6 is 0 Å². The van der Waals surface area contributed by atoms with Gasteiger partial charge in [0.1, 0.15) is 5.82 Å². The number of nitrogens with one attached hydrogen (secondary N) is 2. The highest BCUT2D eigenvalue weighted by Crippen LogP contribution is 2.34. The van der Waals surface area contributed by atoms with Crippen LogP contribution < -0.4 is 10.6 Å². The highest BCUT2D eigenvalue weighted by Gasteiger charge is 2.35. The molecule has 2 N–H and O–H groups in total. The molecule has 5 heteroatoms. The number of hydrogen-bond acceptors (Lipinski definition) is 3. The number of carbonyl (C=O) groups is 1. The third-order valence-electron chi connectivity index (χ3n) is 5.22. The van der Waals surface area contributed by atoms with Gasteiger partial charge in [0.05, 0.1) is 0 Å². The van der Waals surface area contributed by atoms with Crippen molar-refractivity contribution >= 4 is 5.91 Å². The molecule has 0 spiro atoms. The number of piperidine rings is 1. The zero-order chi connectivity index (χ0) is 16.1. The fourth-order valence-corrected chi connectivity index (χ4v) is 3.62. The van der Waals surface area contributed by atoms with E-state index in [0.29, 0.717) is 19.8 Å². The molecule has 126 valence electrons. The SMILES string of the molecule is O=C(NCC1(c2ccc(F)cc2)CCOCC1)C1CCNCC1. The Morgan fingerprint density at radius 2 is 1.87 bits per heavy atom. The largest absolute Gasteiger partial charge is 0.381 e. The van der Waals surface area contributed by atoms with Crippen LogP contribution in [0.5, 0.6) is 0 Å². The van der Waals surface area contributed by atoms with Crippen molar-refractivity contribution in [3.8, 4) is 0 Å². The fraction of sp³-hybridized carbons (Fsp3) is 0.611. The Hall–Kier alpha value is -1.46. The van der Waals surface area contributed by atoms with Gasteiger partial charge >= 0.3 is 0 Å². The first-order valence-corrected chi connectivity index (χ1v) is 8.52. The molecule has 2 aliphatic rings. The third kappa shape index (κ3) is 3.90. The van der Waals surface area contributed by atoms with Crippen LogP contribution in [0.3, 0.4) is 0 Å². The van der Waals surface area contributed by atoms with Gasteiger partial charge in [0.2, 0.25) is 5.91 Å². The van der Waals surface area contributed by atoms with Gasteiger partial charge in [-0.3, -0.25) is 4.79 Å². The molecule has 23 heavy (non-hydrogen) atoms. The number of carbonyl (C=O) groups excluding carboxylic acids is 1. The molecule has 3 rings (SSSR count). The molecule has 0 aliphatic carbocycles. The summed E-state index contributed by atoms with van der Waals surface area (Å²) in [6.07, 6.45) is 3.51. The Bertz CT molecular complexity index is 520. The molecule has 2 heterocycles. The van der Waals surface area contributed by atoms with Crippen LogP contribution in [0.15, 0.2) is 24.3 Å². The van der Waals surface area contributed by atoms with E-state index in [1.165, 1.54) is 12.1 Å². The normalized spacial score (nSPS) is 21.8. The smallest absolute Gasteiger partial charge is 0.223 e. The Balaban J connectivity index is 1.69. The van der Waals surface area contributed by atoms with Crippen LogP contribution in [0.2, 0.25) is 0 Å². The molecule has 0 atom stereocenters. The van der Waals surface area contributed by atoms with E-state index in [-0.39, 0.29) is 23.1 Å². The Kier molecular flexibility index (Phi) is 5.28. The summed E-state index contributed by atoms with van der Waals surface area (Å²) >= 11 is 0. The van der Waals surface area contributed by atoms with E-state index < -0.39 is 0 Å². The molecule has 0 saturated carbocycles. The maximum Gasteiger partial charge on any atom is 0.223 e. The van der Waals surface area contributed by atoms with Crippen molar-refractivity contribution < 1.29 is 13.9 Å². The molecule has 0 radical (unpaired) electrons. The molecule has 0 bridgehead atoms. The Labute approximate surface area is 136 Å². The first-order valence-electron chi connectivity index (χ1n) is 8.52. The summed E-state index contributed by atoms with van der Waals surface area (Å²) in [5.74, 6) is 0.0375. The van der Waals surface area contributed by atoms with Crippen molar-refractivity contribution in [2.75, 3.05) is 32.8 Å². The average molecular weight is 320 g/mol. The summed E-state index contributed by atoms with van der Waals surface area (Å²) < 4.78 is 18.7. The summed E-state index contributed by atoms with van der Waals surface area (Å²) in [5.41, 5.74) is 0.946. The van der Waals surface area contributed by atoms with Gasteiger partial charge in [-0.05, 0) is 56.5 Å². The van der Waals surface area contributed by atoms with Gasteiger partial charge in [0.15, 0.2) is 0 Å². The van der Waals surface area contributed by atoms with E-state index in [9.17, 15) is 9.18 Å². The molecule has 0 aromatic heterocycles. The predicted octanol–water partition coefficient (Wildman–Crippen LogP) is 1.99. The van der Waals surface area contributed by atoms with Crippen LogP contribution in [0.1, 0.15) is 31.2 Å². The fourth-order valence-electron chi connectivity index (χ4n) is 3.62. The molecular formula is C18H25FN2O2. The standard InChI is InChI=1S/C18H25FN2O2/c19-16-3-1-15(2-4-16)18(7-11-23-12-8-18)13-21-17(22)14-5-9-20-10-6-14/h1-4,14,20H,5-13H2,(H,21,22). The lowest BCUT2D eigenvalue weighted by Gasteiger charge is -2.38. The topological polar surface area (TPSA) is 50.4 Å². The predicted molar refractivity (Wildman–Crippen MR) is 86.7 cm³/mol.